The normalized spacial score (nSPS) is 20.3. The highest BCUT2D eigenvalue weighted by Gasteiger charge is 2.42. The van der Waals surface area contributed by atoms with Gasteiger partial charge in [0.05, 0.1) is 11.4 Å². The van der Waals surface area contributed by atoms with Crippen LogP contribution in [0.2, 0.25) is 0 Å². The van der Waals surface area contributed by atoms with Crippen LogP contribution in [0.15, 0.2) is 64.7 Å². The molecule has 2 fully saturated rings. The number of hydrogen-bond acceptors (Lipinski definition) is 6. The molecular formula is C22H15BrN4O5S. The van der Waals surface area contributed by atoms with Crippen molar-refractivity contribution in [2.24, 2.45) is 5.92 Å². The molecule has 0 aliphatic carbocycles. The number of halogens is 1. The second-order valence-electron chi connectivity index (χ2n) is 7.19. The number of benzene rings is 2. The van der Waals surface area contributed by atoms with E-state index in [1.807, 2.05) is 0 Å². The number of rotatable bonds is 3. The summed E-state index contributed by atoms with van der Waals surface area (Å²) in [5.74, 6) is -4.98. The number of thiocarbonyl (C=S) groups is 1. The Balaban J connectivity index is 1.72. The highest BCUT2D eigenvalue weighted by atomic mass is 79.9. The second-order valence-corrected chi connectivity index (χ2v) is 8.44. The van der Waals surface area contributed by atoms with Crippen LogP contribution in [0.3, 0.4) is 0 Å². The molecule has 9 nitrogen and oxygen atoms in total. The molecule has 33 heavy (non-hydrogen) atoms. The molecule has 6 amide bonds. The summed E-state index contributed by atoms with van der Waals surface area (Å²) in [6.45, 7) is 1.77. The molecule has 2 aliphatic heterocycles. The van der Waals surface area contributed by atoms with Crippen LogP contribution in [-0.2, 0) is 19.2 Å². The summed E-state index contributed by atoms with van der Waals surface area (Å²) in [6.07, 6.45) is 0.957. The maximum absolute atomic E-state index is 13.1. The van der Waals surface area contributed by atoms with Crippen molar-refractivity contribution in [2.75, 3.05) is 9.80 Å². The van der Waals surface area contributed by atoms with Crippen LogP contribution in [-0.4, -0.2) is 34.8 Å². The number of imide groups is 2. The van der Waals surface area contributed by atoms with Crippen LogP contribution in [0.25, 0.3) is 0 Å². The summed E-state index contributed by atoms with van der Waals surface area (Å²) in [7, 11) is 0. The third kappa shape index (κ3) is 4.08. The van der Waals surface area contributed by atoms with Gasteiger partial charge in [0.25, 0.3) is 11.8 Å². The number of para-hydroxylation sites is 1. The quantitative estimate of drug-likeness (QED) is 0.274. The van der Waals surface area contributed by atoms with Crippen molar-refractivity contribution in [1.29, 1.82) is 0 Å². The number of anilines is 2. The van der Waals surface area contributed by atoms with Gasteiger partial charge in [-0.2, -0.15) is 0 Å². The zero-order valence-corrected chi connectivity index (χ0v) is 19.4. The first-order valence-corrected chi connectivity index (χ1v) is 10.8. The molecular weight excluding hydrogens is 512 g/mol. The van der Waals surface area contributed by atoms with Gasteiger partial charge in [-0.3, -0.25) is 29.4 Å². The maximum Gasteiger partial charge on any atom is 0.335 e. The Bertz CT molecular complexity index is 1280. The monoisotopic (exact) mass is 526 g/mol. The maximum atomic E-state index is 13.1. The number of barbiturate groups is 1. The van der Waals surface area contributed by atoms with E-state index < -0.39 is 41.2 Å². The molecule has 2 heterocycles. The Hall–Kier alpha value is -3.70. The van der Waals surface area contributed by atoms with Crippen LogP contribution in [0.5, 0.6) is 0 Å². The fourth-order valence-electron chi connectivity index (χ4n) is 3.41. The topological polar surface area (TPSA) is 116 Å². The van der Waals surface area contributed by atoms with Gasteiger partial charge in [0, 0.05) is 4.47 Å². The Morgan fingerprint density at radius 3 is 2.30 bits per heavy atom. The summed E-state index contributed by atoms with van der Waals surface area (Å²) < 4.78 is 0.768. The molecule has 2 aliphatic rings. The first kappa shape index (κ1) is 22.5. The van der Waals surface area contributed by atoms with E-state index in [2.05, 4.69) is 26.6 Å². The van der Waals surface area contributed by atoms with Gasteiger partial charge in [-0.05, 0) is 61.1 Å². The zero-order chi connectivity index (χ0) is 23.9. The highest BCUT2D eigenvalue weighted by Crippen LogP contribution is 2.27. The van der Waals surface area contributed by atoms with Crippen LogP contribution in [0.4, 0.5) is 16.2 Å². The molecule has 2 aromatic carbocycles. The Morgan fingerprint density at radius 2 is 1.64 bits per heavy atom. The van der Waals surface area contributed by atoms with E-state index in [0.29, 0.717) is 5.69 Å². The molecule has 0 bridgehead atoms. The summed E-state index contributed by atoms with van der Waals surface area (Å²) in [4.78, 5) is 65.6. The van der Waals surface area contributed by atoms with Crippen LogP contribution in [0.1, 0.15) is 5.56 Å². The van der Waals surface area contributed by atoms with E-state index in [1.54, 1.807) is 49.4 Å². The Morgan fingerprint density at radius 1 is 0.939 bits per heavy atom. The van der Waals surface area contributed by atoms with Crippen molar-refractivity contribution >= 4 is 74.3 Å². The molecule has 0 unspecified atom stereocenters. The molecule has 1 atom stereocenters. The van der Waals surface area contributed by atoms with E-state index in [1.165, 1.54) is 6.07 Å². The zero-order valence-electron chi connectivity index (χ0n) is 17.0. The number of carbonyl (C=O) groups excluding carboxylic acids is 5. The van der Waals surface area contributed by atoms with Gasteiger partial charge in [0.2, 0.25) is 11.8 Å². The number of nitrogens with one attached hydrogen (secondary N) is 2. The van der Waals surface area contributed by atoms with Gasteiger partial charge in [0.15, 0.2) is 5.11 Å². The first-order chi connectivity index (χ1) is 15.7. The van der Waals surface area contributed by atoms with Gasteiger partial charge in [-0.1, -0.05) is 34.1 Å². The Labute approximate surface area is 201 Å². The molecule has 0 radical (unpaired) electrons. The van der Waals surface area contributed by atoms with Crippen molar-refractivity contribution in [1.82, 2.24) is 10.6 Å². The molecule has 2 aromatic rings. The van der Waals surface area contributed by atoms with Crippen LogP contribution in [0, 0.1) is 12.8 Å². The van der Waals surface area contributed by atoms with Gasteiger partial charge in [-0.15, -0.1) is 0 Å². The molecule has 0 saturated carbocycles. The molecule has 0 aromatic heterocycles. The molecule has 2 saturated heterocycles. The number of aryl methyl sites for hydroxylation is 1. The first-order valence-electron chi connectivity index (χ1n) is 9.60. The van der Waals surface area contributed by atoms with Crippen molar-refractivity contribution in [3.63, 3.8) is 0 Å². The summed E-state index contributed by atoms with van der Waals surface area (Å²) in [5.41, 5.74) is 0.884. The minimum Gasteiger partial charge on any atom is -0.301 e. The highest BCUT2D eigenvalue weighted by molar-refractivity contribution is 9.10. The molecule has 4 rings (SSSR count). The van der Waals surface area contributed by atoms with Gasteiger partial charge >= 0.3 is 6.03 Å². The lowest BCUT2D eigenvalue weighted by atomic mass is 9.98. The lowest BCUT2D eigenvalue weighted by Crippen LogP contribution is -2.58. The average molecular weight is 527 g/mol. The Kier molecular flexibility index (Phi) is 5.91. The van der Waals surface area contributed by atoms with Gasteiger partial charge < -0.3 is 5.32 Å². The van der Waals surface area contributed by atoms with E-state index in [-0.39, 0.29) is 10.8 Å². The SMILES string of the molecule is Cc1cc(N2C(=O)NC(=O)/C(=C\[C@@H]3C(=O)NC(=S)N(c4ccccc4)C3=O)C2=O)ccc1Br. The largest absolute Gasteiger partial charge is 0.335 e. The summed E-state index contributed by atoms with van der Waals surface area (Å²) in [5, 5.41) is 4.38. The standard InChI is InChI=1S/C22H15BrN4O5S/c1-11-9-13(7-8-16(11)23)26-19(30)14(17(28)24-21(26)32)10-15-18(29)25-22(33)27(20(15)31)12-5-3-2-4-6-12/h2-10,15H,1H3,(H,24,28,32)(H,25,29,33)/b14-10+/t15-/m1/s1. The number of hydrogen-bond donors (Lipinski definition) is 2. The van der Waals surface area contributed by atoms with E-state index in [4.69, 9.17) is 12.2 Å². The van der Waals surface area contributed by atoms with Gasteiger partial charge in [0.1, 0.15) is 11.5 Å². The molecule has 11 heteroatoms. The van der Waals surface area contributed by atoms with E-state index in [0.717, 1.165) is 25.9 Å². The van der Waals surface area contributed by atoms with Crippen molar-refractivity contribution in [3.8, 4) is 0 Å². The number of amides is 6. The second kappa shape index (κ2) is 8.68. The number of carbonyl (C=O) groups is 5. The van der Waals surface area contributed by atoms with Crippen molar-refractivity contribution < 1.29 is 24.0 Å². The fraction of sp³-hybridized carbons (Fsp3) is 0.0909. The predicted octanol–water partition coefficient (Wildman–Crippen LogP) is 2.33. The van der Waals surface area contributed by atoms with Gasteiger partial charge in [-0.25, -0.2) is 9.69 Å². The third-order valence-electron chi connectivity index (χ3n) is 5.05. The van der Waals surface area contributed by atoms with E-state index >= 15 is 0 Å². The van der Waals surface area contributed by atoms with E-state index in [9.17, 15) is 24.0 Å². The van der Waals surface area contributed by atoms with Crippen molar-refractivity contribution in [2.45, 2.75) is 6.92 Å². The van der Waals surface area contributed by atoms with Crippen molar-refractivity contribution in [3.05, 3.63) is 70.2 Å². The lowest BCUT2D eigenvalue weighted by molar-refractivity contribution is -0.131. The third-order valence-corrected chi connectivity index (χ3v) is 6.23. The lowest BCUT2D eigenvalue weighted by Gasteiger charge is -2.32. The molecule has 0 spiro atoms. The molecule has 166 valence electrons. The molecule has 2 N–H and O–H groups in total. The summed E-state index contributed by atoms with van der Waals surface area (Å²) >= 11 is 8.48. The number of nitrogens with zero attached hydrogens (tertiary/aromatic N) is 2. The average Bonchev–Trinajstić information content (AvgIpc) is 2.76. The predicted molar refractivity (Wildman–Crippen MR) is 126 cm³/mol. The minimum atomic E-state index is -1.51. The smallest absolute Gasteiger partial charge is 0.301 e. The fourth-order valence-corrected chi connectivity index (χ4v) is 3.95. The summed E-state index contributed by atoms with van der Waals surface area (Å²) in [6, 6.07) is 12.2. The minimum absolute atomic E-state index is 0.118. The van der Waals surface area contributed by atoms with Crippen LogP contribution < -0.4 is 20.4 Å². The number of urea groups is 1. The van der Waals surface area contributed by atoms with Crippen LogP contribution >= 0.6 is 28.1 Å².